The molecule has 2 aromatic carbocycles. The summed E-state index contributed by atoms with van der Waals surface area (Å²) in [6.07, 6.45) is 0. The molecule has 1 N–H and O–H groups in total. The van der Waals surface area contributed by atoms with Crippen LogP contribution in [0.5, 0.6) is 5.75 Å². The predicted octanol–water partition coefficient (Wildman–Crippen LogP) is 4.64. The van der Waals surface area contributed by atoms with Crippen LogP contribution in [0.15, 0.2) is 48.5 Å². The van der Waals surface area contributed by atoms with Crippen LogP contribution in [0.2, 0.25) is 0 Å². The van der Waals surface area contributed by atoms with E-state index < -0.39 is 0 Å². The summed E-state index contributed by atoms with van der Waals surface area (Å²) in [4.78, 5) is 0. The maximum absolute atomic E-state index is 5.85. The fourth-order valence-electron chi connectivity index (χ4n) is 1.99. The molecule has 20 heavy (non-hydrogen) atoms. The Morgan fingerprint density at radius 1 is 1.00 bits per heavy atom. The molecule has 0 heterocycles. The molecular formula is C18H23NO. The first-order chi connectivity index (χ1) is 9.66. The number of benzene rings is 2. The lowest BCUT2D eigenvalue weighted by molar-refractivity contribution is 0.272. The van der Waals surface area contributed by atoms with Gasteiger partial charge in [-0.05, 0) is 36.1 Å². The number of hydrogen-bond donors (Lipinski definition) is 1. The van der Waals surface area contributed by atoms with Crippen molar-refractivity contribution in [3.05, 3.63) is 59.7 Å². The van der Waals surface area contributed by atoms with Gasteiger partial charge < -0.3 is 10.1 Å². The van der Waals surface area contributed by atoms with E-state index in [1.807, 2.05) is 18.2 Å². The molecule has 0 aromatic heterocycles. The molecule has 0 atom stereocenters. The zero-order chi connectivity index (χ0) is 14.4. The number of anilines is 1. The molecule has 106 valence electrons. The quantitative estimate of drug-likeness (QED) is 0.824. The number of ether oxygens (including phenoxy) is 1. The molecule has 0 spiro atoms. The van der Waals surface area contributed by atoms with E-state index in [2.05, 4.69) is 56.4 Å². The van der Waals surface area contributed by atoms with Gasteiger partial charge in [-0.15, -0.1) is 0 Å². The Kier molecular flexibility index (Phi) is 5.05. The monoisotopic (exact) mass is 269 g/mol. The summed E-state index contributed by atoms with van der Waals surface area (Å²) >= 11 is 0. The first-order valence-corrected chi connectivity index (χ1v) is 7.17. The fraction of sp³-hybridized carbons (Fsp3) is 0.333. The highest BCUT2D eigenvalue weighted by atomic mass is 16.5. The van der Waals surface area contributed by atoms with E-state index in [1.54, 1.807) is 0 Å². The van der Waals surface area contributed by atoms with Crippen molar-refractivity contribution < 1.29 is 4.74 Å². The standard InChI is InChI=1S/C18H23NO/c1-14(2)13-20-18-11-7-6-10-17(18)19-12-16-9-5-4-8-15(16)3/h4-11,14,19H,12-13H2,1-3H3. The second-order valence-corrected chi connectivity index (χ2v) is 5.48. The van der Waals surface area contributed by atoms with Crippen LogP contribution in [0.4, 0.5) is 5.69 Å². The van der Waals surface area contributed by atoms with Crippen LogP contribution in [0, 0.1) is 12.8 Å². The van der Waals surface area contributed by atoms with Crippen LogP contribution in [-0.4, -0.2) is 6.61 Å². The minimum Gasteiger partial charge on any atom is -0.491 e. The van der Waals surface area contributed by atoms with Gasteiger partial charge in [0.05, 0.1) is 12.3 Å². The third kappa shape index (κ3) is 4.02. The summed E-state index contributed by atoms with van der Waals surface area (Å²) in [6, 6.07) is 16.6. The van der Waals surface area contributed by atoms with Crippen LogP contribution in [0.1, 0.15) is 25.0 Å². The zero-order valence-electron chi connectivity index (χ0n) is 12.5. The van der Waals surface area contributed by atoms with Crippen molar-refractivity contribution in [2.45, 2.75) is 27.3 Å². The van der Waals surface area contributed by atoms with Crippen molar-refractivity contribution in [2.75, 3.05) is 11.9 Å². The predicted molar refractivity (Wildman–Crippen MR) is 85.3 cm³/mol. The maximum atomic E-state index is 5.85. The molecule has 2 rings (SSSR count). The fourth-order valence-corrected chi connectivity index (χ4v) is 1.99. The number of rotatable bonds is 6. The van der Waals surface area contributed by atoms with E-state index >= 15 is 0 Å². The summed E-state index contributed by atoms with van der Waals surface area (Å²) in [6.45, 7) is 8.00. The minimum atomic E-state index is 0.527. The van der Waals surface area contributed by atoms with Gasteiger partial charge in [-0.25, -0.2) is 0 Å². The average molecular weight is 269 g/mol. The van der Waals surface area contributed by atoms with Crippen molar-refractivity contribution in [1.82, 2.24) is 0 Å². The Balaban J connectivity index is 2.04. The summed E-state index contributed by atoms with van der Waals surface area (Å²) in [5.41, 5.74) is 3.67. The molecule has 0 saturated heterocycles. The summed E-state index contributed by atoms with van der Waals surface area (Å²) in [5.74, 6) is 1.45. The van der Waals surface area contributed by atoms with Gasteiger partial charge in [-0.3, -0.25) is 0 Å². The van der Waals surface area contributed by atoms with Crippen LogP contribution in [0.3, 0.4) is 0 Å². The van der Waals surface area contributed by atoms with E-state index in [9.17, 15) is 0 Å². The highest BCUT2D eigenvalue weighted by Gasteiger charge is 2.04. The Hall–Kier alpha value is -1.96. The van der Waals surface area contributed by atoms with Gasteiger partial charge in [0.2, 0.25) is 0 Å². The van der Waals surface area contributed by atoms with E-state index in [4.69, 9.17) is 4.74 Å². The van der Waals surface area contributed by atoms with Crippen molar-refractivity contribution >= 4 is 5.69 Å². The van der Waals surface area contributed by atoms with Gasteiger partial charge >= 0.3 is 0 Å². The summed E-state index contributed by atoms with van der Waals surface area (Å²) < 4.78 is 5.85. The van der Waals surface area contributed by atoms with Crippen molar-refractivity contribution in [3.63, 3.8) is 0 Å². The summed E-state index contributed by atoms with van der Waals surface area (Å²) in [5, 5.41) is 3.47. The molecule has 0 aliphatic heterocycles. The zero-order valence-corrected chi connectivity index (χ0v) is 12.5. The average Bonchev–Trinajstić information content (AvgIpc) is 2.45. The lowest BCUT2D eigenvalue weighted by Gasteiger charge is -2.15. The van der Waals surface area contributed by atoms with Crippen LogP contribution in [0.25, 0.3) is 0 Å². The van der Waals surface area contributed by atoms with Crippen molar-refractivity contribution in [2.24, 2.45) is 5.92 Å². The Morgan fingerprint density at radius 3 is 2.45 bits per heavy atom. The van der Waals surface area contributed by atoms with Gasteiger partial charge in [0.15, 0.2) is 0 Å². The molecule has 2 nitrogen and oxygen atoms in total. The minimum absolute atomic E-state index is 0.527. The van der Waals surface area contributed by atoms with Crippen molar-refractivity contribution in [1.29, 1.82) is 0 Å². The third-order valence-electron chi connectivity index (χ3n) is 3.19. The Morgan fingerprint density at radius 2 is 1.70 bits per heavy atom. The first kappa shape index (κ1) is 14.4. The highest BCUT2D eigenvalue weighted by Crippen LogP contribution is 2.25. The van der Waals surface area contributed by atoms with E-state index in [-0.39, 0.29) is 0 Å². The molecule has 0 bridgehead atoms. The second-order valence-electron chi connectivity index (χ2n) is 5.48. The summed E-state index contributed by atoms with van der Waals surface area (Å²) in [7, 11) is 0. The van der Waals surface area contributed by atoms with Crippen molar-refractivity contribution in [3.8, 4) is 5.75 Å². The van der Waals surface area contributed by atoms with Crippen LogP contribution < -0.4 is 10.1 Å². The van der Waals surface area contributed by atoms with E-state index in [0.717, 1.165) is 24.6 Å². The third-order valence-corrected chi connectivity index (χ3v) is 3.19. The second kappa shape index (κ2) is 6.99. The molecule has 2 aromatic rings. The molecule has 0 aliphatic carbocycles. The molecule has 0 saturated carbocycles. The maximum Gasteiger partial charge on any atom is 0.142 e. The number of nitrogens with one attached hydrogen (secondary N) is 1. The Bertz CT molecular complexity index is 549. The molecule has 0 aliphatic rings. The van der Waals surface area contributed by atoms with Gasteiger partial charge in [0.1, 0.15) is 5.75 Å². The van der Waals surface area contributed by atoms with E-state index in [0.29, 0.717) is 5.92 Å². The van der Waals surface area contributed by atoms with Crippen LogP contribution in [-0.2, 0) is 6.54 Å². The number of aryl methyl sites for hydroxylation is 1. The molecule has 0 radical (unpaired) electrons. The normalized spacial score (nSPS) is 10.6. The van der Waals surface area contributed by atoms with Gasteiger partial charge in [0.25, 0.3) is 0 Å². The van der Waals surface area contributed by atoms with Crippen LogP contribution >= 0.6 is 0 Å². The van der Waals surface area contributed by atoms with Gasteiger partial charge in [0, 0.05) is 6.54 Å². The lowest BCUT2D eigenvalue weighted by Crippen LogP contribution is -2.07. The smallest absolute Gasteiger partial charge is 0.142 e. The van der Waals surface area contributed by atoms with Gasteiger partial charge in [-0.2, -0.15) is 0 Å². The highest BCUT2D eigenvalue weighted by molar-refractivity contribution is 5.56. The molecule has 0 amide bonds. The number of para-hydroxylation sites is 2. The van der Waals surface area contributed by atoms with Gasteiger partial charge in [-0.1, -0.05) is 50.2 Å². The molecule has 0 fully saturated rings. The molecular weight excluding hydrogens is 246 g/mol. The van der Waals surface area contributed by atoms with E-state index in [1.165, 1.54) is 11.1 Å². The molecule has 2 heteroatoms. The lowest BCUT2D eigenvalue weighted by atomic mass is 10.1. The first-order valence-electron chi connectivity index (χ1n) is 7.17. The largest absolute Gasteiger partial charge is 0.491 e. The molecule has 0 unspecified atom stereocenters. The Labute approximate surface area is 121 Å². The number of hydrogen-bond acceptors (Lipinski definition) is 2. The SMILES string of the molecule is Cc1ccccc1CNc1ccccc1OCC(C)C. The topological polar surface area (TPSA) is 21.3 Å².